The number of rotatable bonds is 2. The van der Waals surface area contributed by atoms with E-state index in [9.17, 15) is 15.0 Å². The van der Waals surface area contributed by atoms with E-state index in [1.54, 1.807) is 24.3 Å². The van der Waals surface area contributed by atoms with Gasteiger partial charge in [-0.3, -0.25) is 0 Å². The molecule has 5 nitrogen and oxygen atoms in total. The van der Waals surface area contributed by atoms with Gasteiger partial charge in [0, 0.05) is 16.7 Å². The largest absolute Gasteiger partial charge is 0.456 e. The van der Waals surface area contributed by atoms with Crippen molar-refractivity contribution in [3.8, 4) is 11.5 Å². The minimum absolute atomic E-state index is 0.383. The zero-order valence-corrected chi connectivity index (χ0v) is 15.1. The Morgan fingerprint density at radius 3 is 2.32 bits per heavy atom. The van der Waals surface area contributed by atoms with Crippen LogP contribution >= 0.6 is 0 Å². The van der Waals surface area contributed by atoms with E-state index in [0.717, 1.165) is 11.1 Å². The molecule has 0 amide bonds. The van der Waals surface area contributed by atoms with Gasteiger partial charge in [-0.15, -0.1) is 0 Å². The third kappa shape index (κ3) is 2.17. The molecular weight excluding hydrogens is 356 g/mol. The van der Waals surface area contributed by atoms with Crippen LogP contribution in [0.5, 0.6) is 11.5 Å². The highest BCUT2D eigenvalue weighted by Crippen LogP contribution is 2.56. The van der Waals surface area contributed by atoms with Gasteiger partial charge in [0.2, 0.25) is 0 Å². The molecule has 3 unspecified atom stereocenters. The highest BCUT2D eigenvalue weighted by atomic mass is 16.6. The number of esters is 1. The number of para-hydroxylation sites is 1. The lowest BCUT2D eigenvalue weighted by atomic mass is 9.77. The van der Waals surface area contributed by atoms with Crippen molar-refractivity contribution in [3.63, 3.8) is 0 Å². The maximum atomic E-state index is 12.7. The van der Waals surface area contributed by atoms with Crippen molar-refractivity contribution < 1.29 is 24.5 Å². The summed E-state index contributed by atoms with van der Waals surface area (Å²) in [5, 5.41) is 20.0. The van der Waals surface area contributed by atoms with E-state index in [0.29, 0.717) is 28.2 Å². The molecule has 2 aliphatic rings. The first-order valence-electron chi connectivity index (χ1n) is 9.13. The maximum absolute atomic E-state index is 12.7. The molecule has 3 aromatic carbocycles. The first-order valence-corrected chi connectivity index (χ1v) is 9.13. The number of carbonyl (C=O) groups excluding carboxylic acids is 1. The Hall–Kier alpha value is -3.15. The van der Waals surface area contributed by atoms with E-state index in [1.165, 1.54) is 6.92 Å². The average molecular weight is 374 g/mol. The predicted octanol–water partition coefficient (Wildman–Crippen LogP) is 3.67. The van der Waals surface area contributed by atoms with Gasteiger partial charge in [0.05, 0.1) is 11.7 Å². The van der Waals surface area contributed by atoms with Gasteiger partial charge in [0.1, 0.15) is 17.6 Å². The fourth-order valence-electron chi connectivity index (χ4n) is 4.10. The second kappa shape index (κ2) is 5.92. The number of aliphatic hydroxyl groups excluding tert-OH is 2. The minimum Gasteiger partial charge on any atom is -0.456 e. The first-order chi connectivity index (χ1) is 13.5. The van der Waals surface area contributed by atoms with E-state index >= 15 is 0 Å². The Balaban J connectivity index is 1.80. The second-order valence-electron chi connectivity index (χ2n) is 7.16. The number of hydrogen-bond donors (Lipinski definition) is 2. The molecule has 2 aliphatic heterocycles. The van der Waals surface area contributed by atoms with Crippen LogP contribution in [0.3, 0.4) is 0 Å². The van der Waals surface area contributed by atoms with Gasteiger partial charge >= 0.3 is 5.97 Å². The molecule has 28 heavy (non-hydrogen) atoms. The van der Waals surface area contributed by atoms with E-state index in [1.807, 2.05) is 42.5 Å². The van der Waals surface area contributed by atoms with E-state index in [4.69, 9.17) is 9.47 Å². The van der Waals surface area contributed by atoms with Gasteiger partial charge in [0.25, 0.3) is 0 Å². The van der Waals surface area contributed by atoms with Crippen molar-refractivity contribution in [1.82, 2.24) is 0 Å². The normalized spacial score (nSPS) is 21.2. The van der Waals surface area contributed by atoms with Crippen LogP contribution in [0.25, 0.3) is 0 Å². The summed E-state index contributed by atoms with van der Waals surface area (Å²) in [5.41, 5.74) is 2.15. The smallest absolute Gasteiger partial charge is 0.340 e. The Bertz CT molecular complexity index is 1100. The summed E-state index contributed by atoms with van der Waals surface area (Å²) in [6.45, 7) is 1.52. The molecule has 0 fully saturated rings. The summed E-state index contributed by atoms with van der Waals surface area (Å²) >= 11 is 0. The molecule has 3 atom stereocenters. The van der Waals surface area contributed by atoms with E-state index in [2.05, 4.69) is 0 Å². The van der Waals surface area contributed by atoms with Crippen molar-refractivity contribution in [3.05, 3.63) is 94.5 Å². The van der Waals surface area contributed by atoms with Crippen LogP contribution in [-0.2, 0) is 10.3 Å². The van der Waals surface area contributed by atoms with Gasteiger partial charge in [0.15, 0.2) is 5.60 Å². The molecule has 2 heterocycles. The molecule has 140 valence electrons. The first kappa shape index (κ1) is 17.0. The third-order valence-corrected chi connectivity index (χ3v) is 5.44. The summed E-state index contributed by atoms with van der Waals surface area (Å²) < 4.78 is 12.1. The molecule has 0 saturated heterocycles. The van der Waals surface area contributed by atoms with Crippen molar-refractivity contribution in [2.24, 2.45) is 0 Å². The summed E-state index contributed by atoms with van der Waals surface area (Å²) in [7, 11) is 0. The van der Waals surface area contributed by atoms with Crippen molar-refractivity contribution in [2.75, 3.05) is 0 Å². The molecule has 5 heteroatoms. The number of aliphatic hydroxyl groups is 2. The molecule has 2 N–H and O–H groups in total. The van der Waals surface area contributed by atoms with Crippen molar-refractivity contribution in [1.29, 1.82) is 0 Å². The van der Waals surface area contributed by atoms with Crippen LogP contribution in [0.1, 0.15) is 45.6 Å². The van der Waals surface area contributed by atoms with Crippen LogP contribution in [0.15, 0.2) is 66.7 Å². The quantitative estimate of drug-likeness (QED) is 0.670. The molecule has 1 spiro atoms. The molecule has 0 bridgehead atoms. The van der Waals surface area contributed by atoms with Crippen LogP contribution in [0.4, 0.5) is 0 Å². The monoisotopic (exact) mass is 374 g/mol. The number of benzene rings is 3. The lowest BCUT2D eigenvalue weighted by Crippen LogP contribution is -2.33. The molecule has 0 saturated carbocycles. The van der Waals surface area contributed by atoms with Crippen molar-refractivity contribution >= 4 is 5.97 Å². The molecule has 5 rings (SSSR count). The summed E-state index contributed by atoms with van der Waals surface area (Å²) in [4.78, 5) is 12.7. The highest BCUT2D eigenvalue weighted by molar-refractivity contribution is 5.97. The Morgan fingerprint density at radius 1 is 0.857 bits per heavy atom. The number of hydrogen-bond acceptors (Lipinski definition) is 5. The van der Waals surface area contributed by atoms with Gasteiger partial charge < -0.3 is 19.7 Å². The predicted molar refractivity (Wildman–Crippen MR) is 101 cm³/mol. The van der Waals surface area contributed by atoms with Crippen LogP contribution < -0.4 is 4.74 Å². The van der Waals surface area contributed by atoms with Crippen LogP contribution in [-0.4, -0.2) is 22.3 Å². The zero-order chi connectivity index (χ0) is 19.5. The number of ether oxygens (including phenoxy) is 2. The Morgan fingerprint density at radius 2 is 1.54 bits per heavy atom. The highest BCUT2D eigenvalue weighted by Gasteiger charge is 2.53. The minimum atomic E-state index is -1.10. The fourth-order valence-corrected chi connectivity index (χ4v) is 4.10. The zero-order valence-electron chi connectivity index (χ0n) is 15.1. The fraction of sp³-hybridized carbons (Fsp3) is 0.174. The average Bonchev–Trinajstić information content (AvgIpc) is 3.01. The molecule has 0 aliphatic carbocycles. The molecule has 3 aromatic rings. The van der Waals surface area contributed by atoms with Crippen LogP contribution in [0.2, 0.25) is 0 Å². The van der Waals surface area contributed by atoms with E-state index in [-0.39, 0.29) is 5.97 Å². The van der Waals surface area contributed by atoms with Gasteiger partial charge in [-0.05, 0) is 30.7 Å². The molecule has 0 aromatic heterocycles. The standard InChI is InChI=1S/C23H18O5/c1-13(24)21(25)14-10-11-18-20(12-14)27-19-9-5-4-8-17(19)23(18)16-7-3-2-6-15(16)22(26)28-23/h2-13,21,24-25H,1H3. The lowest BCUT2D eigenvalue weighted by molar-refractivity contribution is 0.0220. The lowest BCUT2D eigenvalue weighted by Gasteiger charge is -2.36. The SMILES string of the molecule is CC(O)C(O)c1ccc2c(c1)Oc1ccccc1C21OC(=O)c2ccccc21. The number of carbonyl (C=O) groups is 1. The summed E-state index contributed by atoms with van der Waals surface area (Å²) in [5.74, 6) is 0.690. The second-order valence-corrected chi connectivity index (χ2v) is 7.16. The Kier molecular flexibility index (Phi) is 3.59. The summed E-state index contributed by atoms with van der Waals surface area (Å²) in [6.07, 6.45) is -1.96. The Labute approximate surface area is 161 Å². The van der Waals surface area contributed by atoms with Crippen LogP contribution in [0, 0.1) is 0 Å². The maximum Gasteiger partial charge on any atom is 0.340 e. The van der Waals surface area contributed by atoms with Gasteiger partial charge in [-0.25, -0.2) is 4.79 Å². The molecular formula is C23H18O5. The molecule has 0 radical (unpaired) electrons. The topological polar surface area (TPSA) is 76.0 Å². The van der Waals surface area contributed by atoms with Crippen molar-refractivity contribution in [2.45, 2.75) is 24.7 Å². The summed E-state index contributed by atoms with van der Waals surface area (Å²) in [6, 6.07) is 20.0. The van der Waals surface area contributed by atoms with Gasteiger partial charge in [-0.2, -0.15) is 0 Å². The van der Waals surface area contributed by atoms with Gasteiger partial charge in [-0.1, -0.05) is 48.5 Å². The third-order valence-electron chi connectivity index (χ3n) is 5.44. The van der Waals surface area contributed by atoms with E-state index < -0.39 is 17.8 Å². The number of fused-ring (bicyclic) bond motifs is 6.